The quantitative estimate of drug-likeness (QED) is 0.492. The number of aromatic nitrogens is 3. The molecular weight excluding hydrogens is 406 g/mol. The summed E-state index contributed by atoms with van der Waals surface area (Å²) in [6.45, 7) is 6.62. The van der Waals surface area contributed by atoms with Crippen LogP contribution in [0.2, 0.25) is 0 Å². The molecule has 1 aliphatic heterocycles. The standard InChI is InChI=1S/C24H25N5O3/c1-16-15-21(27-10-12-28(13-11-27)24(30)20-9-6-14-32-20)29-23(25-16)22(17(2)26-29)18-7-4-5-8-19(18)31-3/h4-9,14-15H,10-13H2,1-3H3. The molecule has 0 spiro atoms. The van der Waals surface area contributed by atoms with Gasteiger partial charge in [0.05, 0.1) is 24.6 Å². The van der Waals surface area contributed by atoms with Crippen molar-refractivity contribution in [2.45, 2.75) is 13.8 Å². The molecule has 5 rings (SSSR count). The van der Waals surface area contributed by atoms with Crippen LogP contribution in [0.5, 0.6) is 5.75 Å². The second-order valence-electron chi connectivity index (χ2n) is 7.91. The molecule has 0 aliphatic carbocycles. The highest BCUT2D eigenvalue weighted by Gasteiger charge is 2.26. The van der Waals surface area contributed by atoms with Crippen molar-refractivity contribution in [3.63, 3.8) is 0 Å². The second kappa shape index (κ2) is 8.03. The molecule has 1 fully saturated rings. The van der Waals surface area contributed by atoms with Gasteiger partial charge in [0.15, 0.2) is 11.4 Å². The maximum atomic E-state index is 12.6. The molecule has 164 valence electrons. The Bertz CT molecular complexity index is 1270. The lowest BCUT2D eigenvalue weighted by atomic mass is 10.1. The highest BCUT2D eigenvalue weighted by molar-refractivity contribution is 5.91. The number of methoxy groups -OCH3 is 1. The number of fused-ring (bicyclic) bond motifs is 1. The van der Waals surface area contributed by atoms with E-state index in [2.05, 4.69) is 11.0 Å². The van der Waals surface area contributed by atoms with Crippen LogP contribution in [-0.4, -0.2) is 58.7 Å². The van der Waals surface area contributed by atoms with Crippen molar-refractivity contribution in [2.24, 2.45) is 0 Å². The summed E-state index contributed by atoms with van der Waals surface area (Å²) in [6, 6.07) is 13.4. The average molecular weight is 431 g/mol. The molecule has 4 heterocycles. The van der Waals surface area contributed by atoms with Crippen molar-refractivity contribution >= 4 is 17.4 Å². The van der Waals surface area contributed by atoms with Gasteiger partial charge in [-0.1, -0.05) is 18.2 Å². The van der Waals surface area contributed by atoms with Crippen LogP contribution in [0.4, 0.5) is 5.82 Å². The van der Waals surface area contributed by atoms with Crippen LogP contribution in [0.1, 0.15) is 21.9 Å². The van der Waals surface area contributed by atoms with Crippen LogP contribution in [0.15, 0.2) is 53.1 Å². The van der Waals surface area contributed by atoms with Gasteiger partial charge in [0.25, 0.3) is 5.91 Å². The summed E-state index contributed by atoms with van der Waals surface area (Å²) in [4.78, 5) is 21.5. The van der Waals surface area contributed by atoms with Gasteiger partial charge in [0.1, 0.15) is 11.6 Å². The third kappa shape index (κ3) is 3.37. The van der Waals surface area contributed by atoms with Gasteiger partial charge in [-0.3, -0.25) is 4.79 Å². The first kappa shape index (κ1) is 20.1. The smallest absolute Gasteiger partial charge is 0.289 e. The van der Waals surface area contributed by atoms with Crippen molar-refractivity contribution in [1.29, 1.82) is 0 Å². The van der Waals surface area contributed by atoms with Crippen molar-refractivity contribution in [2.75, 3.05) is 38.2 Å². The molecule has 0 atom stereocenters. The van der Waals surface area contributed by atoms with Crippen LogP contribution in [0.3, 0.4) is 0 Å². The van der Waals surface area contributed by atoms with Gasteiger partial charge >= 0.3 is 0 Å². The summed E-state index contributed by atoms with van der Waals surface area (Å²) < 4.78 is 12.8. The molecular formula is C24H25N5O3. The van der Waals surface area contributed by atoms with E-state index in [1.807, 2.05) is 47.5 Å². The number of ether oxygens (including phenoxy) is 1. The van der Waals surface area contributed by atoms with Crippen molar-refractivity contribution in [3.05, 3.63) is 65.9 Å². The van der Waals surface area contributed by atoms with Gasteiger partial charge in [-0.25, -0.2) is 4.98 Å². The molecule has 8 heteroatoms. The lowest BCUT2D eigenvalue weighted by Crippen LogP contribution is -2.49. The Labute approximate surface area is 186 Å². The molecule has 32 heavy (non-hydrogen) atoms. The second-order valence-corrected chi connectivity index (χ2v) is 7.91. The predicted octanol–water partition coefficient (Wildman–Crippen LogP) is 3.58. The first-order valence-electron chi connectivity index (χ1n) is 10.6. The van der Waals surface area contributed by atoms with Gasteiger partial charge in [-0.2, -0.15) is 9.61 Å². The summed E-state index contributed by atoms with van der Waals surface area (Å²) in [5.41, 5.74) is 4.55. The third-order valence-electron chi connectivity index (χ3n) is 5.87. The molecule has 0 radical (unpaired) electrons. The Morgan fingerprint density at radius 1 is 1.06 bits per heavy atom. The largest absolute Gasteiger partial charge is 0.496 e. The summed E-state index contributed by atoms with van der Waals surface area (Å²) in [7, 11) is 1.67. The minimum atomic E-state index is -0.0703. The van der Waals surface area contributed by atoms with Gasteiger partial charge in [-0.05, 0) is 32.0 Å². The van der Waals surface area contributed by atoms with E-state index in [0.29, 0.717) is 31.9 Å². The number of anilines is 1. The maximum Gasteiger partial charge on any atom is 0.289 e. The summed E-state index contributed by atoms with van der Waals surface area (Å²) in [5.74, 6) is 2.08. The normalized spacial score (nSPS) is 14.2. The fraction of sp³-hybridized carbons (Fsp3) is 0.292. The average Bonchev–Trinajstić information content (AvgIpc) is 3.46. The van der Waals surface area contributed by atoms with Crippen LogP contribution < -0.4 is 9.64 Å². The van der Waals surface area contributed by atoms with Gasteiger partial charge in [0, 0.05) is 43.5 Å². The number of piperazine rings is 1. The van der Waals surface area contributed by atoms with E-state index in [1.165, 1.54) is 6.26 Å². The number of hydrogen-bond donors (Lipinski definition) is 0. The molecule has 4 aromatic rings. The number of benzene rings is 1. The summed E-state index contributed by atoms with van der Waals surface area (Å²) >= 11 is 0. The molecule has 1 aromatic carbocycles. The molecule has 0 saturated carbocycles. The third-order valence-corrected chi connectivity index (χ3v) is 5.87. The number of amides is 1. The number of furan rings is 1. The molecule has 3 aromatic heterocycles. The van der Waals surface area contributed by atoms with Crippen molar-refractivity contribution in [1.82, 2.24) is 19.5 Å². The van der Waals surface area contributed by atoms with Crippen molar-refractivity contribution < 1.29 is 13.9 Å². The zero-order valence-electron chi connectivity index (χ0n) is 18.4. The maximum absolute atomic E-state index is 12.6. The Morgan fingerprint density at radius 2 is 1.84 bits per heavy atom. The van der Waals surface area contributed by atoms with E-state index < -0.39 is 0 Å². The number of carbonyl (C=O) groups excluding carboxylic acids is 1. The Kier molecular flexibility index (Phi) is 5.05. The molecule has 0 bridgehead atoms. The Morgan fingerprint density at radius 3 is 2.56 bits per heavy atom. The van der Waals surface area contributed by atoms with E-state index >= 15 is 0 Å². The summed E-state index contributed by atoms with van der Waals surface area (Å²) in [5, 5.41) is 4.84. The van der Waals surface area contributed by atoms with Crippen LogP contribution in [-0.2, 0) is 0 Å². The predicted molar refractivity (Wildman–Crippen MR) is 121 cm³/mol. The number of carbonyl (C=O) groups is 1. The Balaban J connectivity index is 1.49. The molecule has 8 nitrogen and oxygen atoms in total. The topological polar surface area (TPSA) is 76.1 Å². The van der Waals surface area contributed by atoms with Crippen molar-refractivity contribution in [3.8, 4) is 16.9 Å². The molecule has 1 aliphatic rings. The fourth-order valence-corrected chi connectivity index (χ4v) is 4.31. The van der Waals surface area contributed by atoms with E-state index in [-0.39, 0.29) is 5.91 Å². The minimum absolute atomic E-state index is 0.0703. The van der Waals surface area contributed by atoms with Gasteiger partial charge in [0.2, 0.25) is 0 Å². The zero-order chi connectivity index (χ0) is 22.2. The minimum Gasteiger partial charge on any atom is -0.496 e. The van der Waals surface area contributed by atoms with Crippen LogP contribution in [0, 0.1) is 13.8 Å². The number of nitrogens with zero attached hydrogens (tertiary/aromatic N) is 5. The van der Waals surface area contributed by atoms with E-state index in [4.69, 9.17) is 19.2 Å². The van der Waals surface area contributed by atoms with Gasteiger partial charge < -0.3 is 19.0 Å². The lowest BCUT2D eigenvalue weighted by molar-refractivity contribution is 0.0714. The number of para-hydroxylation sites is 1. The number of hydrogen-bond acceptors (Lipinski definition) is 6. The zero-order valence-corrected chi connectivity index (χ0v) is 18.4. The highest BCUT2D eigenvalue weighted by atomic mass is 16.5. The SMILES string of the molecule is COc1ccccc1-c1c(C)nn2c(N3CCN(C(=O)c4ccco4)CC3)cc(C)nc12. The summed E-state index contributed by atoms with van der Waals surface area (Å²) in [6.07, 6.45) is 1.53. The first-order chi connectivity index (χ1) is 15.6. The van der Waals surface area contributed by atoms with Crippen LogP contribution >= 0.6 is 0 Å². The van der Waals surface area contributed by atoms with Gasteiger partial charge in [-0.15, -0.1) is 0 Å². The van der Waals surface area contributed by atoms with E-state index in [0.717, 1.165) is 39.7 Å². The Hall–Kier alpha value is -3.81. The van der Waals surface area contributed by atoms with E-state index in [1.54, 1.807) is 19.2 Å². The molecule has 0 unspecified atom stereocenters. The van der Waals surface area contributed by atoms with E-state index in [9.17, 15) is 4.79 Å². The lowest BCUT2D eigenvalue weighted by Gasteiger charge is -2.35. The molecule has 1 saturated heterocycles. The molecule has 0 N–H and O–H groups in total. The first-order valence-corrected chi connectivity index (χ1v) is 10.6. The number of rotatable bonds is 4. The number of aryl methyl sites for hydroxylation is 2. The highest BCUT2D eigenvalue weighted by Crippen LogP contribution is 2.36. The molecule has 1 amide bonds. The van der Waals surface area contributed by atoms with Crippen LogP contribution in [0.25, 0.3) is 16.8 Å². The fourth-order valence-electron chi connectivity index (χ4n) is 4.31. The monoisotopic (exact) mass is 431 g/mol.